The van der Waals surface area contributed by atoms with Crippen molar-refractivity contribution >= 4 is 5.91 Å². The number of amides is 1. The molecule has 132 valence electrons. The van der Waals surface area contributed by atoms with Crippen LogP contribution in [0.3, 0.4) is 0 Å². The van der Waals surface area contributed by atoms with Crippen molar-refractivity contribution < 1.29 is 13.6 Å². The van der Waals surface area contributed by atoms with Crippen molar-refractivity contribution in [1.82, 2.24) is 9.88 Å². The highest BCUT2D eigenvalue weighted by Crippen LogP contribution is 2.32. The standard InChI is InChI=1S/C21H19FN2O2/c22-17-10-8-15(9-11-17)19-7-4-12-24(19)20(25)13-18-14-26-21(23-18)16-5-2-1-3-6-16/h1-3,5-6,8-11,14,19H,4,7,12-13H2. The van der Waals surface area contributed by atoms with Crippen molar-refractivity contribution in [3.63, 3.8) is 0 Å². The molecule has 1 aliphatic rings. The Kier molecular flexibility index (Phi) is 4.52. The minimum atomic E-state index is -0.263. The number of aromatic nitrogens is 1. The minimum Gasteiger partial charge on any atom is -0.444 e. The number of benzene rings is 2. The number of halogens is 1. The predicted molar refractivity (Wildman–Crippen MR) is 95.7 cm³/mol. The van der Waals surface area contributed by atoms with Crippen molar-refractivity contribution in [1.29, 1.82) is 0 Å². The van der Waals surface area contributed by atoms with E-state index in [4.69, 9.17) is 4.42 Å². The van der Waals surface area contributed by atoms with Gasteiger partial charge in [-0.05, 0) is 42.7 Å². The number of likely N-dealkylation sites (tertiary alicyclic amines) is 1. The summed E-state index contributed by atoms with van der Waals surface area (Å²) in [4.78, 5) is 19.1. The second-order valence-corrected chi connectivity index (χ2v) is 6.48. The minimum absolute atomic E-state index is 0.00333. The van der Waals surface area contributed by atoms with Crippen LogP contribution in [-0.4, -0.2) is 22.3 Å². The molecule has 1 unspecified atom stereocenters. The zero-order valence-corrected chi connectivity index (χ0v) is 14.3. The first-order valence-electron chi connectivity index (χ1n) is 8.75. The summed E-state index contributed by atoms with van der Waals surface area (Å²) in [5.41, 5.74) is 2.48. The van der Waals surface area contributed by atoms with Crippen molar-refractivity contribution in [2.75, 3.05) is 6.54 Å². The van der Waals surface area contributed by atoms with Gasteiger partial charge >= 0.3 is 0 Å². The zero-order chi connectivity index (χ0) is 17.9. The first kappa shape index (κ1) is 16.5. The molecule has 1 aliphatic heterocycles. The molecule has 2 aromatic carbocycles. The Morgan fingerprint density at radius 3 is 2.69 bits per heavy atom. The van der Waals surface area contributed by atoms with E-state index in [2.05, 4.69) is 4.98 Å². The molecule has 0 spiro atoms. The lowest BCUT2D eigenvalue weighted by molar-refractivity contribution is -0.131. The number of hydrogen-bond acceptors (Lipinski definition) is 3. The fourth-order valence-corrected chi connectivity index (χ4v) is 3.45. The molecule has 3 aromatic rings. The average Bonchev–Trinajstić information content (AvgIpc) is 3.33. The quantitative estimate of drug-likeness (QED) is 0.701. The molecule has 0 aliphatic carbocycles. The number of hydrogen-bond donors (Lipinski definition) is 0. The van der Waals surface area contributed by atoms with Crippen molar-refractivity contribution in [3.05, 3.63) is 77.9 Å². The van der Waals surface area contributed by atoms with E-state index < -0.39 is 0 Å². The highest BCUT2D eigenvalue weighted by Gasteiger charge is 2.30. The summed E-state index contributed by atoms with van der Waals surface area (Å²) in [7, 11) is 0. The zero-order valence-electron chi connectivity index (χ0n) is 14.3. The Labute approximate surface area is 151 Å². The van der Waals surface area contributed by atoms with Crippen LogP contribution in [0.1, 0.15) is 30.1 Å². The lowest BCUT2D eigenvalue weighted by Crippen LogP contribution is -2.31. The van der Waals surface area contributed by atoms with Crippen molar-refractivity contribution in [2.24, 2.45) is 0 Å². The van der Waals surface area contributed by atoms with Gasteiger partial charge in [-0.25, -0.2) is 9.37 Å². The number of carbonyl (C=O) groups excluding carboxylic acids is 1. The highest BCUT2D eigenvalue weighted by molar-refractivity contribution is 5.79. The Morgan fingerprint density at radius 1 is 1.15 bits per heavy atom. The third-order valence-corrected chi connectivity index (χ3v) is 4.73. The molecule has 1 fully saturated rings. The summed E-state index contributed by atoms with van der Waals surface area (Å²) in [6, 6.07) is 16.0. The molecule has 26 heavy (non-hydrogen) atoms. The van der Waals surface area contributed by atoms with Crippen LogP contribution in [0.25, 0.3) is 11.5 Å². The largest absolute Gasteiger partial charge is 0.444 e. The maximum absolute atomic E-state index is 13.2. The lowest BCUT2D eigenvalue weighted by Gasteiger charge is -2.25. The second kappa shape index (κ2) is 7.12. The SMILES string of the molecule is O=C(Cc1coc(-c2ccccc2)n1)N1CCCC1c1ccc(F)cc1. The third kappa shape index (κ3) is 3.38. The third-order valence-electron chi connectivity index (χ3n) is 4.73. The van der Waals surface area contributed by atoms with E-state index in [-0.39, 0.29) is 24.2 Å². The van der Waals surface area contributed by atoms with Gasteiger partial charge in [0.05, 0.1) is 18.2 Å². The molecule has 0 saturated carbocycles. The molecule has 2 heterocycles. The summed E-state index contributed by atoms with van der Waals surface area (Å²) in [6.45, 7) is 0.713. The van der Waals surface area contributed by atoms with Crippen LogP contribution >= 0.6 is 0 Å². The van der Waals surface area contributed by atoms with Gasteiger partial charge in [-0.15, -0.1) is 0 Å². The molecule has 0 radical (unpaired) electrons. The van der Waals surface area contributed by atoms with Gasteiger partial charge in [0.1, 0.15) is 12.1 Å². The van der Waals surface area contributed by atoms with E-state index in [9.17, 15) is 9.18 Å². The molecule has 1 aromatic heterocycles. The maximum atomic E-state index is 13.2. The van der Waals surface area contributed by atoms with Crippen molar-refractivity contribution in [3.8, 4) is 11.5 Å². The fourth-order valence-electron chi connectivity index (χ4n) is 3.45. The van der Waals surface area contributed by atoms with Crippen LogP contribution in [0, 0.1) is 5.82 Å². The normalized spacial score (nSPS) is 16.8. The first-order valence-corrected chi connectivity index (χ1v) is 8.75. The van der Waals surface area contributed by atoms with E-state index in [0.29, 0.717) is 18.1 Å². The van der Waals surface area contributed by atoms with Gasteiger partial charge in [0, 0.05) is 12.1 Å². The van der Waals surface area contributed by atoms with Crippen LogP contribution in [0.5, 0.6) is 0 Å². The number of nitrogens with zero attached hydrogens (tertiary/aromatic N) is 2. The second-order valence-electron chi connectivity index (χ2n) is 6.48. The molecular weight excluding hydrogens is 331 g/mol. The van der Waals surface area contributed by atoms with Crippen molar-refractivity contribution in [2.45, 2.75) is 25.3 Å². The predicted octanol–water partition coefficient (Wildman–Crippen LogP) is 4.39. The summed E-state index contributed by atoms with van der Waals surface area (Å²) in [5.74, 6) is 0.273. The van der Waals surface area contributed by atoms with E-state index in [1.165, 1.54) is 12.1 Å². The van der Waals surface area contributed by atoms with E-state index in [1.54, 1.807) is 18.4 Å². The molecule has 4 nitrogen and oxygen atoms in total. The molecule has 5 heteroatoms. The van der Waals surface area contributed by atoms with Gasteiger partial charge < -0.3 is 9.32 Å². The molecular formula is C21H19FN2O2. The monoisotopic (exact) mass is 350 g/mol. The highest BCUT2D eigenvalue weighted by atomic mass is 19.1. The van der Waals surface area contributed by atoms with Crippen LogP contribution in [-0.2, 0) is 11.2 Å². The topological polar surface area (TPSA) is 46.3 Å². The van der Waals surface area contributed by atoms with Crippen LogP contribution in [0.4, 0.5) is 4.39 Å². The molecule has 0 bridgehead atoms. The number of rotatable bonds is 4. The Morgan fingerprint density at radius 2 is 1.92 bits per heavy atom. The number of oxazole rings is 1. The van der Waals surface area contributed by atoms with Gasteiger partial charge in [0.2, 0.25) is 11.8 Å². The van der Waals surface area contributed by atoms with Gasteiger partial charge in [-0.2, -0.15) is 0 Å². The fraction of sp³-hybridized carbons (Fsp3) is 0.238. The van der Waals surface area contributed by atoms with Gasteiger partial charge in [-0.3, -0.25) is 4.79 Å². The molecule has 1 saturated heterocycles. The lowest BCUT2D eigenvalue weighted by atomic mass is 10.0. The van der Waals surface area contributed by atoms with Gasteiger partial charge in [0.25, 0.3) is 0 Å². The van der Waals surface area contributed by atoms with E-state index in [1.807, 2.05) is 35.2 Å². The number of carbonyl (C=O) groups is 1. The Bertz CT molecular complexity index is 890. The van der Waals surface area contributed by atoms with Crippen LogP contribution in [0.2, 0.25) is 0 Å². The molecule has 4 rings (SSSR count). The summed E-state index contributed by atoms with van der Waals surface area (Å²) in [6.07, 6.45) is 3.59. The Hall–Kier alpha value is -2.95. The van der Waals surface area contributed by atoms with Crippen LogP contribution < -0.4 is 0 Å². The van der Waals surface area contributed by atoms with Crippen LogP contribution in [0.15, 0.2) is 65.3 Å². The summed E-state index contributed by atoms with van der Waals surface area (Å²) >= 11 is 0. The van der Waals surface area contributed by atoms with Gasteiger partial charge in [0.15, 0.2) is 0 Å². The van der Waals surface area contributed by atoms with Gasteiger partial charge in [-0.1, -0.05) is 30.3 Å². The van der Waals surface area contributed by atoms with E-state index >= 15 is 0 Å². The first-order chi connectivity index (χ1) is 12.7. The Balaban J connectivity index is 1.47. The van der Waals surface area contributed by atoms with E-state index in [0.717, 1.165) is 24.0 Å². The summed E-state index contributed by atoms with van der Waals surface area (Å²) < 4.78 is 18.7. The molecule has 1 atom stereocenters. The average molecular weight is 350 g/mol. The molecule has 0 N–H and O–H groups in total. The smallest absolute Gasteiger partial charge is 0.229 e. The molecule has 1 amide bonds. The maximum Gasteiger partial charge on any atom is 0.229 e. The summed E-state index contributed by atoms with van der Waals surface area (Å²) in [5, 5.41) is 0.